The van der Waals surface area contributed by atoms with Crippen LogP contribution in [0.2, 0.25) is 0 Å². The zero-order valence-corrected chi connectivity index (χ0v) is 32.9. The Morgan fingerprint density at radius 1 is 0.865 bits per heavy atom. The molecule has 15 nitrogen and oxygen atoms in total. The van der Waals surface area contributed by atoms with E-state index in [0.29, 0.717) is 11.1 Å². The summed E-state index contributed by atoms with van der Waals surface area (Å²) < 4.78 is 39.6. The van der Waals surface area contributed by atoms with Crippen LogP contribution < -0.4 is 10.6 Å². The SMILES string of the molecule is CC1(C)S[C@H]2N(C(=O)C2(Br)Br)[C@H]1C(=O)OCOC(=O)[C@@H]1N2C(=O)[C@@H](NC(=O)C(NC(=O)OCc3ccccc3)c3ccccc3)[C@H]2S(=O)(=O)C1(C)C. The second kappa shape index (κ2) is 13.6. The Hall–Kier alpha value is -3.68. The molecule has 52 heavy (non-hydrogen) atoms. The molecule has 2 N–H and O–H groups in total. The van der Waals surface area contributed by atoms with Gasteiger partial charge in [0.25, 0.3) is 5.91 Å². The van der Waals surface area contributed by atoms with Gasteiger partial charge in [-0.1, -0.05) is 92.5 Å². The highest BCUT2D eigenvalue weighted by Gasteiger charge is 2.73. The first-order valence-electron chi connectivity index (χ1n) is 15.9. The van der Waals surface area contributed by atoms with Gasteiger partial charge in [0.05, 0.1) is 0 Å². The number of rotatable bonds is 10. The number of carbonyl (C=O) groups is 6. The zero-order valence-electron chi connectivity index (χ0n) is 28.1. The molecule has 0 saturated carbocycles. The zero-order chi connectivity index (χ0) is 38.0. The molecule has 6 atom stereocenters. The fraction of sp³-hybridized carbons (Fsp3) is 0.455. The van der Waals surface area contributed by atoms with Crippen molar-refractivity contribution in [3.8, 4) is 0 Å². The summed E-state index contributed by atoms with van der Waals surface area (Å²) in [6, 6.07) is 11.3. The van der Waals surface area contributed by atoms with Crippen molar-refractivity contribution < 1.29 is 51.4 Å². The first kappa shape index (κ1) is 38.1. The van der Waals surface area contributed by atoms with E-state index in [2.05, 4.69) is 42.5 Å². The molecule has 19 heteroatoms. The van der Waals surface area contributed by atoms with Crippen LogP contribution in [0.15, 0.2) is 60.7 Å². The quantitative estimate of drug-likeness (QED) is 0.154. The minimum absolute atomic E-state index is 0.0803. The number of alkyl halides is 2. The number of halogens is 2. The van der Waals surface area contributed by atoms with Gasteiger partial charge < -0.3 is 34.6 Å². The average molecular weight is 887 g/mol. The van der Waals surface area contributed by atoms with Crippen molar-refractivity contribution in [2.45, 2.75) is 81.9 Å². The molecule has 4 amide bonds. The molecule has 6 rings (SSSR count). The standard InChI is InChI=1S/C33H34Br2N4O11S2/c1-31(2)21(39-28(44)33(34,35)29(39)51-31)26(42)49-16-50-27(43)22-32(3,4)52(46,47)25-20(24(41)38(22)25)36-23(40)19(18-13-9-6-10-14-18)37-30(45)48-15-17-11-7-5-8-12-17/h5-14,19-22,25,29H,15-16H2,1-4H3,(H,36,40)(H,37,45)/t19?,20-,21+,22+,25-,29-/m1/s1. The highest BCUT2D eigenvalue weighted by Crippen LogP contribution is 2.60. The number of hydrogen-bond donors (Lipinski definition) is 2. The second-order valence-electron chi connectivity index (χ2n) is 13.6. The molecular weight excluding hydrogens is 852 g/mol. The van der Waals surface area contributed by atoms with Gasteiger partial charge in [-0.15, -0.1) is 11.8 Å². The number of amides is 4. The molecule has 4 aliphatic heterocycles. The molecule has 2 aromatic rings. The van der Waals surface area contributed by atoms with Crippen molar-refractivity contribution in [3.05, 3.63) is 71.8 Å². The van der Waals surface area contributed by atoms with E-state index in [1.807, 2.05) is 0 Å². The number of benzene rings is 2. The van der Waals surface area contributed by atoms with E-state index in [1.54, 1.807) is 74.5 Å². The number of nitrogens with one attached hydrogen (secondary N) is 2. The Labute approximate surface area is 320 Å². The van der Waals surface area contributed by atoms with Gasteiger partial charge in [0, 0.05) is 4.75 Å². The normalized spacial score (nSPS) is 27.5. The number of thioether (sulfide) groups is 1. The number of fused-ring (bicyclic) bond motifs is 2. The number of hydrogen-bond acceptors (Lipinski definition) is 12. The molecule has 0 spiro atoms. The molecule has 2 aromatic carbocycles. The third-order valence-electron chi connectivity index (χ3n) is 9.52. The lowest BCUT2D eigenvalue weighted by molar-refractivity contribution is -0.181. The van der Waals surface area contributed by atoms with Crippen LogP contribution in [0.4, 0.5) is 4.79 Å². The maximum atomic E-state index is 13.8. The van der Waals surface area contributed by atoms with Crippen molar-refractivity contribution >= 4 is 89.2 Å². The van der Waals surface area contributed by atoms with E-state index >= 15 is 0 Å². The Bertz CT molecular complexity index is 1930. The van der Waals surface area contributed by atoms with Crippen molar-refractivity contribution in [3.63, 3.8) is 0 Å². The lowest BCUT2D eigenvalue weighted by atomic mass is 9.95. The first-order valence-corrected chi connectivity index (χ1v) is 19.9. The van der Waals surface area contributed by atoms with Crippen LogP contribution in [0, 0.1) is 0 Å². The van der Waals surface area contributed by atoms with Crippen molar-refractivity contribution in [2.75, 3.05) is 6.79 Å². The summed E-state index contributed by atoms with van der Waals surface area (Å²) in [5, 5.41) is 2.90. The maximum Gasteiger partial charge on any atom is 0.408 e. The third-order valence-corrected chi connectivity index (χ3v) is 16.1. The number of nitrogens with zero attached hydrogens (tertiary/aromatic N) is 2. The van der Waals surface area contributed by atoms with Gasteiger partial charge in [0.2, 0.25) is 18.6 Å². The van der Waals surface area contributed by atoms with Crippen molar-refractivity contribution in [2.24, 2.45) is 0 Å². The Balaban J connectivity index is 1.11. The predicted molar refractivity (Wildman–Crippen MR) is 192 cm³/mol. The van der Waals surface area contributed by atoms with Crippen molar-refractivity contribution in [1.29, 1.82) is 0 Å². The number of β-lactam (4-membered cyclic amide) rings is 2. The molecule has 0 radical (unpaired) electrons. The highest BCUT2D eigenvalue weighted by atomic mass is 79.9. The van der Waals surface area contributed by atoms with Crippen LogP contribution in [0.5, 0.6) is 0 Å². The van der Waals surface area contributed by atoms with Gasteiger partial charge >= 0.3 is 18.0 Å². The molecule has 0 bridgehead atoms. The van der Waals surface area contributed by atoms with Gasteiger partial charge in [-0.05, 0) is 38.8 Å². The summed E-state index contributed by atoms with van der Waals surface area (Å²) in [6.07, 6.45) is -0.932. The maximum absolute atomic E-state index is 13.8. The summed E-state index contributed by atoms with van der Waals surface area (Å²) in [5.41, 5.74) is 1.04. The minimum atomic E-state index is -4.32. The summed E-state index contributed by atoms with van der Waals surface area (Å²) in [7, 11) is -4.32. The van der Waals surface area contributed by atoms with Gasteiger partial charge in [-0.25, -0.2) is 22.8 Å². The van der Waals surface area contributed by atoms with E-state index in [0.717, 1.165) is 4.90 Å². The predicted octanol–water partition coefficient (Wildman–Crippen LogP) is 2.48. The third kappa shape index (κ3) is 6.26. The van der Waals surface area contributed by atoms with Gasteiger partial charge in [-0.2, -0.15) is 0 Å². The first-order chi connectivity index (χ1) is 24.3. The molecular formula is C33H34Br2N4O11S2. The lowest BCUT2D eigenvalue weighted by Crippen LogP contribution is -2.72. The molecule has 0 aliphatic carbocycles. The molecule has 4 heterocycles. The van der Waals surface area contributed by atoms with E-state index in [9.17, 15) is 37.2 Å². The Kier molecular flexibility index (Phi) is 9.97. The van der Waals surface area contributed by atoms with E-state index in [-0.39, 0.29) is 12.5 Å². The van der Waals surface area contributed by atoms with Gasteiger partial charge in [0.15, 0.2) is 18.4 Å². The van der Waals surface area contributed by atoms with E-state index in [1.165, 1.54) is 30.5 Å². The molecule has 0 aromatic heterocycles. The Morgan fingerprint density at radius 3 is 2.06 bits per heavy atom. The largest absolute Gasteiger partial charge is 0.445 e. The van der Waals surface area contributed by atoms with E-state index in [4.69, 9.17) is 14.2 Å². The number of alkyl carbamates (subject to hydrolysis) is 1. The van der Waals surface area contributed by atoms with Crippen LogP contribution in [0.25, 0.3) is 0 Å². The van der Waals surface area contributed by atoms with Crippen LogP contribution in [0.1, 0.15) is 44.9 Å². The van der Waals surface area contributed by atoms with Gasteiger partial charge in [0.1, 0.15) is 40.9 Å². The molecule has 1 unspecified atom stereocenters. The number of sulfone groups is 1. The minimum Gasteiger partial charge on any atom is -0.445 e. The lowest BCUT2D eigenvalue weighted by Gasteiger charge is -2.46. The second-order valence-corrected chi connectivity index (χ2v) is 21.5. The Morgan fingerprint density at radius 2 is 1.44 bits per heavy atom. The summed E-state index contributed by atoms with van der Waals surface area (Å²) in [5.74, 6) is -4.11. The van der Waals surface area contributed by atoms with Crippen LogP contribution in [-0.2, 0) is 54.6 Å². The molecule has 4 aliphatic rings. The molecule has 4 fully saturated rings. The fourth-order valence-corrected chi connectivity index (χ4v) is 11.9. The van der Waals surface area contributed by atoms with E-state index < -0.39 is 94.1 Å². The average Bonchev–Trinajstić information content (AvgIpc) is 3.45. The fourth-order valence-electron chi connectivity index (χ4n) is 6.75. The molecule has 4 saturated heterocycles. The summed E-state index contributed by atoms with van der Waals surface area (Å²) >= 11 is 8.03. The van der Waals surface area contributed by atoms with Gasteiger partial charge in [-0.3, -0.25) is 14.4 Å². The number of ether oxygens (including phenoxy) is 3. The monoisotopic (exact) mass is 884 g/mol. The summed E-state index contributed by atoms with van der Waals surface area (Å²) in [6.45, 7) is 5.06. The van der Waals surface area contributed by atoms with Crippen molar-refractivity contribution in [1.82, 2.24) is 20.4 Å². The summed E-state index contributed by atoms with van der Waals surface area (Å²) in [4.78, 5) is 81.2. The van der Waals surface area contributed by atoms with Crippen LogP contribution >= 0.6 is 43.6 Å². The van der Waals surface area contributed by atoms with Crippen LogP contribution in [-0.4, -0.2) is 102 Å². The smallest absolute Gasteiger partial charge is 0.408 e. The topological polar surface area (TPSA) is 195 Å². The number of carbonyl (C=O) groups excluding carboxylic acids is 6. The number of esters is 2. The van der Waals surface area contributed by atoms with Crippen LogP contribution in [0.3, 0.4) is 0 Å². The highest BCUT2D eigenvalue weighted by molar-refractivity contribution is 9.26. The molecule has 278 valence electrons.